The topological polar surface area (TPSA) is 63.3 Å². The number of halogens is 3. The first-order valence-electron chi connectivity index (χ1n) is 4.75. The lowest BCUT2D eigenvalue weighted by Crippen LogP contribution is -1.95. The number of oxazole rings is 1. The lowest BCUT2D eigenvalue weighted by Gasteiger charge is -2.00. The zero-order valence-electron chi connectivity index (χ0n) is 9.00. The van der Waals surface area contributed by atoms with Gasteiger partial charge in [0.2, 0.25) is 11.7 Å². The molecule has 1 aromatic heterocycles. The maximum Gasteiger partial charge on any atom is 0.373 e. The summed E-state index contributed by atoms with van der Waals surface area (Å²) in [6, 6.07) is 1.57. The second kappa shape index (κ2) is 4.38. The molecule has 0 radical (unpaired) electrons. The van der Waals surface area contributed by atoms with E-state index >= 15 is 0 Å². The minimum absolute atomic E-state index is 0.0762. The molecule has 1 heterocycles. The Hall–Kier alpha value is -1.95. The highest BCUT2D eigenvalue weighted by atomic mass is 35.5. The molecule has 1 N–H and O–H groups in total. The molecule has 0 aliphatic heterocycles. The second-order valence-electron chi connectivity index (χ2n) is 3.48. The van der Waals surface area contributed by atoms with E-state index in [4.69, 9.17) is 21.1 Å². The van der Waals surface area contributed by atoms with E-state index in [2.05, 4.69) is 4.98 Å². The van der Waals surface area contributed by atoms with Gasteiger partial charge < -0.3 is 9.52 Å². The van der Waals surface area contributed by atoms with Crippen LogP contribution >= 0.6 is 11.6 Å². The largest absolute Gasteiger partial charge is 0.475 e. The molecule has 0 aliphatic carbocycles. The van der Waals surface area contributed by atoms with Crippen LogP contribution in [-0.2, 0) is 0 Å². The van der Waals surface area contributed by atoms with Crippen molar-refractivity contribution in [3.63, 3.8) is 0 Å². The first kappa shape index (κ1) is 12.5. The third kappa shape index (κ3) is 2.06. The molecule has 0 atom stereocenters. The van der Waals surface area contributed by atoms with Gasteiger partial charge in [-0.1, -0.05) is 11.6 Å². The highest BCUT2D eigenvalue weighted by Gasteiger charge is 2.20. The van der Waals surface area contributed by atoms with E-state index in [1.807, 2.05) is 0 Å². The van der Waals surface area contributed by atoms with Crippen LogP contribution < -0.4 is 0 Å². The van der Waals surface area contributed by atoms with Gasteiger partial charge in [0.15, 0.2) is 0 Å². The summed E-state index contributed by atoms with van der Waals surface area (Å²) < 4.78 is 31.7. The Morgan fingerprint density at radius 2 is 2.06 bits per heavy atom. The number of hydrogen-bond donors (Lipinski definition) is 1. The van der Waals surface area contributed by atoms with E-state index in [1.54, 1.807) is 0 Å². The quantitative estimate of drug-likeness (QED) is 0.853. The Bertz CT molecular complexity index is 639. The first-order valence-corrected chi connectivity index (χ1v) is 5.13. The number of benzene rings is 1. The van der Waals surface area contributed by atoms with Gasteiger partial charge in [-0.15, -0.1) is 0 Å². The number of hydrogen-bond acceptors (Lipinski definition) is 3. The van der Waals surface area contributed by atoms with Crippen molar-refractivity contribution >= 4 is 17.6 Å². The maximum atomic E-state index is 13.6. The zero-order valence-corrected chi connectivity index (χ0v) is 9.76. The average molecular weight is 274 g/mol. The standard InChI is InChI=1S/C11H6ClF2NO3/c1-4-9(11(16)17)18-10(15-4)5-2-8(14)6(12)3-7(5)13/h2-3H,1H3,(H,16,17). The maximum absolute atomic E-state index is 13.6. The van der Waals surface area contributed by atoms with Crippen molar-refractivity contribution in [1.29, 1.82) is 0 Å². The molecule has 0 amide bonds. The van der Waals surface area contributed by atoms with E-state index in [0.717, 1.165) is 12.1 Å². The summed E-state index contributed by atoms with van der Waals surface area (Å²) in [6.45, 7) is 1.39. The van der Waals surface area contributed by atoms with Crippen molar-refractivity contribution in [3.8, 4) is 11.5 Å². The number of nitrogens with zero attached hydrogens (tertiary/aromatic N) is 1. The highest BCUT2D eigenvalue weighted by Crippen LogP contribution is 2.28. The molecule has 2 rings (SSSR count). The Morgan fingerprint density at radius 1 is 1.39 bits per heavy atom. The molecule has 94 valence electrons. The van der Waals surface area contributed by atoms with Crippen molar-refractivity contribution in [2.45, 2.75) is 6.92 Å². The van der Waals surface area contributed by atoms with Crippen LogP contribution in [0.25, 0.3) is 11.5 Å². The number of aromatic carboxylic acids is 1. The van der Waals surface area contributed by atoms with Crippen LogP contribution in [-0.4, -0.2) is 16.1 Å². The smallest absolute Gasteiger partial charge is 0.373 e. The normalized spacial score (nSPS) is 10.7. The molecule has 0 spiro atoms. The third-order valence-corrected chi connectivity index (χ3v) is 2.52. The van der Waals surface area contributed by atoms with Gasteiger partial charge in [-0.3, -0.25) is 0 Å². The molecule has 0 fully saturated rings. The predicted molar refractivity (Wildman–Crippen MR) is 58.6 cm³/mol. The number of aryl methyl sites for hydroxylation is 1. The Balaban J connectivity index is 2.59. The van der Waals surface area contributed by atoms with Gasteiger partial charge in [-0.2, -0.15) is 0 Å². The Kier molecular flexibility index (Phi) is 3.04. The average Bonchev–Trinajstić information content (AvgIpc) is 2.65. The molecular formula is C11H6ClF2NO3. The van der Waals surface area contributed by atoms with Crippen molar-refractivity contribution in [2.75, 3.05) is 0 Å². The molecule has 1 aromatic carbocycles. The van der Waals surface area contributed by atoms with Crippen molar-refractivity contribution in [3.05, 3.63) is 40.2 Å². The van der Waals surface area contributed by atoms with E-state index in [1.165, 1.54) is 6.92 Å². The number of rotatable bonds is 2. The van der Waals surface area contributed by atoms with Crippen LogP contribution in [0.4, 0.5) is 8.78 Å². The summed E-state index contributed by atoms with van der Waals surface area (Å²) in [5.41, 5.74) is -0.209. The molecule has 7 heteroatoms. The third-order valence-electron chi connectivity index (χ3n) is 2.23. The molecule has 18 heavy (non-hydrogen) atoms. The summed E-state index contributed by atoms with van der Waals surface area (Å²) in [5.74, 6) is -3.75. The van der Waals surface area contributed by atoms with Crippen LogP contribution in [0.2, 0.25) is 5.02 Å². The van der Waals surface area contributed by atoms with Crippen molar-refractivity contribution in [1.82, 2.24) is 4.98 Å². The van der Waals surface area contributed by atoms with E-state index in [-0.39, 0.29) is 22.2 Å². The Morgan fingerprint density at radius 3 is 2.61 bits per heavy atom. The lowest BCUT2D eigenvalue weighted by molar-refractivity contribution is 0.0662. The fourth-order valence-electron chi connectivity index (χ4n) is 1.40. The summed E-state index contributed by atoms with van der Waals surface area (Å²) >= 11 is 5.40. The van der Waals surface area contributed by atoms with Gasteiger partial charge in [-0.25, -0.2) is 18.6 Å². The first-order chi connectivity index (χ1) is 8.40. The minimum atomic E-state index is -1.33. The van der Waals surface area contributed by atoms with E-state index in [0.29, 0.717) is 0 Å². The van der Waals surface area contributed by atoms with Crippen molar-refractivity contribution < 1.29 is 23.1 Å². The van der Waals surface area contributed by atoms with Crippen LogP contribution in [0.1, 0.15) is 16.2 Å². The number of carbonyl (C=O) groups is 1. The molecule has 2 aromatic rings. The van der Waals surface area contributed by atoms with Gasteiger partial charge in [0.25, 0.3) is 0 Å². The summed E-state index contributed by atoms with van der Waals surface area (Å²) in [6.07, 6.45) is 0. The minimum Gasteiger partial charge on any atom is -0.475 e. The van der Waals surface area contributed by atoms with E-state index in [9.17, 15) is 13.6 Å². The Labute approximate surface area is 105 Å². The molecule has 0 bridgehead atoms. The predicted octanol–water partition coefficient (Wildman–Crippen LogP) is 3.28. The van der Waals surface area contributed by atoms with Crippen LogP contribution in [0, 0.1) is 18.6 Å². The summed E-state index contributed by atoms with van der Waals surface area (Å²) in [5, 5.41) is 8.39. The zero-order chi connectivity index (χ0) is 13.4. The molecule has 0 saturated heterocycles. The fraction of sp³-hybridized carbons (Fsp3) is 0.0909. The molecule has 0 saturated carbocycles. The summed E-state index contributed by atoms with van der Waals surface area (Å²) in [7, 11) is 0. The number of aromatic nitrogens is 1. The summed E-state index contributed by atoms with van der Waals surface area (Å²) in [4.78, 5) is 14.5. The van der Waals surface area contributed by atoms with Crippen LogP contribution in [0.5, 0.6) is 0 Å². The van der Waals surface area contributed by atoms with Gasteiger partial charge >= 0.3 is 5.97 Å². The van der Waals surface area contributed by atoms with Crippen molar-refractivity contribution in [2.24, 2.45) is 0 Å². The van der Waals surface area contributed by atoms with E-state index < -0.39 is 23.4 Å². The van der Waals surface area contributed by atoms with Gasteiger partial charge in [0.1, 0.15) is 11.6 Å². The molecular weight excluding hydrogens is 268 g/mol. The molecule has 4 nitrogen and oxygen atoms in total. The monoisotopic (exact) mass is 273 g/mol. The molecule has 0 unspecified atom stereocenters. The second-order valence-corrected chi connectivity index (χ2v) is 3.89. The van der Waals surface area contributed by atoms with Crippen LogP contribution in [0.3, 0.4) is 0 Å². The molecule has 0 aliphatic rings. The number of carboxylic acid groups (broad SMARTS) is 1. The SMILES string of the molecule is Cc1nc(-c2cc(F)c(Cl)cc2F)oc1C(=O)O. The number of carboxylic acids is 1. The van der Waals surface area contributed by atoms with Gasteiger partial charge in [0.05, 0.1) is 16.3 Å². The van der Waals surface area contributed by atoms with Crippen LogP contribution in [0.15, 0.2) is 16.5 Å². The highest BCUT2D eigenvalue weighted by molar-refractivity contribution is 6.30. The van der Waals surface area contributed by atoms with Gasteiger partial charge in [-0.05, 0) is 19.1 Å². The lowest BCUT2D eigenvalue weighted by atomic mass is 10.2. The van der Waals surface area contributed by atoms with Gasteiger partial charge in [0, 0.05) is 0 Å². The fourth-order valence-corrected chi connectivity index (χ4v) is 1.55.